The number of amides is 1. The number of hydrogen-bond donors (Lipinski definition) is 0. The van der Waals surface area contributed by atoms with E-state index in [0.717, 1.165) is 10.9 Å². The average molecular weight is 247 g/mol. The zero-order chi connectivity index (χ0) is 13.3. The zero-order valence-electron chi connectivity index (χ0n) is 11.0. The molecule has 96 valence electrons. The number of carbonyl (C=O) groups excluding carboxylic acids is 1. The van der Waals surface area contributed by atoms with E-state index < -0.39 is 6.10 Å². The molecule has 1 atom stereocenters. The van der Waals surface area contributed by atoms with Gasteiger partial charge in [-0.25, -0.2) is 0 Å². The van der Waals surface area contributed by atoms with Crippen LogP contribution in [0.3, 0.4) is 0 Å². The van der Waals surface area contributed by atoms with Crippen LogP contribution in [0.5, 0.6) is 5.88 Å². The van der Waals surface area contributed by atoms with Crippen molar-refractivity contribution in [2.45, 2.75) is 13.0 Å². The van der Waals surface area contributed by atoms with Crippen LogP contribution in [0.15, 0.2) is 24.3 Å². The van der Waals surface area contributed by atoms with Gasteiger partial charge in [0.05, 0.1) is 10.9 Å². The lowest BCUT2D eigenvalue weighted by atomic mass is 10.2. The van der Waals surface area contributed by atoms with E-state index in [1.54, 1.807) is 25.7 Å². The number of ether oxygens (including phenoxy) is 1. The van der Waals surface area contributed by atoms with Gasteiger partial charge in [0.1, 0.15) is 0 Å². The lowest BCUT2D eigenvalue weighted by molar-refractivity contribution is -0.135. The summed E-state index contributed by atoms with van der Waals surface area (Å²) in [5.41, 5.74) is 0.983. The van der Waals surface area contributed by atoms with Gasteiger partial charge in [0.15, 0.2) is 6.10 Å². The van der Waals surface area contributed by atoms with Gasteiger partial charge in [-0.15, -0.1) is 5.10 Å². The van der Waals surface area contributed by atoms with Gasteiger partial charge in [-0.05, 0) is 19.1 Å². The predicted octanol–water partition coefficient (Wildman–Crippen LogP) is 1.43. The van der Waals surface area contributed by atoms with Crippen molar-refractivity contribution in [3.05, 3.63) is 24.3 Å². The highest BCUT2D eigenvalue weighted by atomic mass is 16.5. The number of likely N-dealkylation sites (N-methyl/N-ethyl adjacent to an activating group) is 1. The largest absolute Gasteiger partial charge is 0.463 e. The fourth-order valence-electron chi connectivity index (χ4n) is 1.85. The van der Waals surface area contributed by atoms with Crippen molar-refractivity contribution in [3.63, 3.8) is 0 Å². The number of fused-ring (bicyclic) bond motifs is 1. The molecular formula is C13H17N3O2. The first-order valence-electron chi connectivity index (χ1n) is 5.80. The van der Waals surface area contributed by atoms with Gasteiger partial charge in [0.25, 0.3) is 5.91 Å². The van der Waals surface area contributed by atoms with Crippen LogP contribution in [0.1, 0.15) is 6.92 Å². The first kappa shape index (κ1) is 12.4. The topological polar surface area (TPSA) is 47.4 Å². The molecule has 0 saturated heterocycles. The number of nitrogens with zero attached hydrogens (tertiary/aromatic N) is 3. The molecule has 2 aromatic rings. The Morgan fingerprint density at radius 2 is 2.06 bits per heavy atom. The molecule has 0 fully saturated rings. The van der Waals surface area contributed by atoms with Crippen LogP contribution in [0.2, 0.25) is 0 Å². The van der Waals surface area contributed by atoms with Crippen LogP contribution in [0.25, 0.3) is 10.9 Å². The molecule has 0 aliphatic carbocycles. The monoisotopic (exact) mass is 247 g/mol. The molecule has 5 heteroatoms. The maximum Gasteiger partial charge on any atom is 0.262 e. The standard InChI is InChI=1S/C13H17N3O2/c1-9(13(17)15(2)3)18-12-10-7-5-6-8-11(10)16(4)14-12/h5-9H,1-4H3. The second-order valence-electron chi connectivity index (χ2n) is 4.44. The molecule has 2 rings (SSSR count). The molecule has 0 N–H and O–H groups in total. The molecule has 0 spiro atoms. The highest BCUT2D eigenvalue weighted by Gasteiger charge is 2.19. The zero-order valence-corrected chi connectivity index (χ0v) is 11.0. The lowest BCUT2D eigenvalue weighted by Crippen LogP contribution is -2.35. The van der Waals surface area contributed by atoms with Gasteiger partial charge >= 0.3 is 0 Å². The number of rotatable bonds is 3. The van der Waals surface area contributed by atoms with Gasteiger partial charge in [0, 0.05) is 21.1 Å². The summed E-state index contributed by atoms with van der Waals surface area (Å²) in [5.74, 6) is 0.417. The molecule has 0 aliphatic rings. The van der Waals surface area contributed by atoms with Crippen LogP contribution >= 0.6 is 0 Å². The maximum absolute atomic E-state index is 11.8. The smallest absolute Gasteiger partial charge is 0.262 e. The number of benzene rings is 1. The summed E-state index contributed by atoms with van der Waals surface area (Å²) in [7, 11) is 5.27. The molecule has 1 heterocycles. The summed E-state index contributed by atoms with van der Waals surface area (Å²) in [6.45, 7) is 1.73. The van der Waals surface area contributed by atoms with Crippen molar-refractivity contribution in [1.29, 1.82) is 0 Å². The van der Waals surface area contributed by atoms with Gasteiger partial charge in [-0.1, -0.05) is 12.1 Å². The number of carbonyl (C=O) groups is 1. The second-order valence-corrected chi connectivity index (χ2v) is 4.44. The highest BCUT2D eigenvalue weighted by molar-refractivity contribution is 5.85. The van der Waals surface area contributed by atoms with Crippen LogP contribution in [0, 0.1) is 0 Å². The van der Waals surface area contributed by atoms with E-state index in [2.05, 4.69) is 5.10 Å². The Morgan fingerprint density at radius 1 is 1.39 bits per heavy atom. The molecule has 1 unspecified atom stereocenters. The Balaban J connectivity index is 2.30. The maximum atomic E-state index is 11.8. The second kappa shape index (κ2) is 4.68. The fraction of sp³-hybridized carbons (Fsp3) is 0.385. The van der Waals surface area contributed by atoms with Crippen LogP contribution in [-0.2, 0) is 11.8 Å². The van der Waals surface area contributed by atoms with E-state index in [9.17, 15) is 4.79 Å². The van der Waals surface area contributed by atoms with Gasteiger partial charge in [0.2, 0.25) is 5.88 Å². The Hall–Kier alpha value is -2.04. The van der Waals surface area contributed by atoms with Crippen molar-refractivity contribution in [2.75, 3.05) is 14.1 Å². The molecule has 0 radical (unpaired) electrons. The first-order chi connectivity index (χ1) is 8.50. The third-order valence-electron chi connectivity index (χ3n) is 2.80. The normalized spacial score (nSPS) is 12.4. The van der Waals surface area contributed by atoms with E-state index in [1.807, 2.05) is 31.3 Å². The molecule has 5 nitrogen and oxygen atoms in total. The summed E-state index contributed by atoms with van der Waals surface area (Å²) < 4.78 is 7.40. The van der Waals surface area contributed by atoms with Crippen LogP contribution in [0.4, 0.5) is 0 Å². The molecule has 0 bridgehead atoms. The van der Waals surface area contributed by atoms with Crippen molar-refractivity contribution in [1.82, 2.24) is 14.7 Å². The SMILES string of the molecule is CC(Oc1nn(C)c2ccccc12)C(=O)N(C)C. The van der Waals surface area contributed by atoms with Gasteiger partial charge in [-0.3, -0.25) is 9.48 Å². The number of aryl methyl sites for hydroxylation is 1. The Kier molecular flexibility index (Phi) is 3.23. The van der Waals surface area contributed by atoms with E-state index in [1.165, 1.54) is 4.90 Å². The molecule has 1 amide bonds. The first-order valence-corrected chi connectivity index (χ1v) is 5.80. The van der Waals surface area contributed by atoms with E-state index >= 15 is 0 Å². The molecule has 18 heavy (non-hydrogen) atoms. The van der Waals surface area contributed by atoms with Crippen molar-refractivity contribution >= 4 is 16.8 Å². The van der Waals surface area contributed by atoms with Gasteiger partial charge < -0.3 is 9.64 Å². The summed E-state index contributed by atoms with van der Waals surface area (Å²) in [6.07, 6.45) is -0.543. The Bertz CT molecular complexity index is 575. The molecule has 0 aliphatic heterocycles. The van der Waals surface area contributed by atoms with Crippen molar-refractivity contribution in [3.8, 4) is 5.88 Å². The lowest BCUT2D eigenvalue weighted by Gasteiger charge is -2.16. The number of aromatic nitrogens is 2. The van der Waals surface area contributed by atoms with Crippen molar-refractivity contribution < 1.29 is 9.53 Å². The Morgan fingerprint density at radius 3 is 2.72 bits per heavy atom. The third-order valence-corrected chi connectivity index (χ3v) is 2.80. The minimum absolute atomic E-state index is 0.0789. The number of hydrogen-bond acceptors (Lipinski definition) is 3. The van der Waals surface area contributed by atoms with Gasteiger partial charge in [-0.2, -0.15) is 0 Å². The molecule has 0 saturated carbocycles. The predicted molar refractivity (Wildman–Crippen MR) is 69.5 cm³/mol. The van der Waals surface area contributed by atoms with Crippen LogP contribution < -0.4 is 4.74 Å². The van der Waals surface area contributed by atoms with E-state index in [0.29, 0.717) is 5.88 Å². The highest BCUT2D eigenvalue weighted by Crippen LogP contribution is 2.24. The average Bonchev–Trinajstić information content (AvgIpc) is 2.66. The number of para-hydroxylation sites is 1. The summed E-state index contributed by atoms with van der Waals surface area (Å²) in [4.78, 5) is 13.3. The summed E-state index contributed by atoms with van der Waals surface area (Å²) in [6, 6.07) is 7.77. The molecule has 1 aromatic heterocycles. The Labute approximate surface area is 106 Å². The van der Waals surface area contributed by atoms with Crippen LogP contribution in [-0.4, -0.2) is 40.8 Å². The minimum Gasteiger partial charge on any atom is -0.463 e. The summed E-state index contributed by atoms with van der Waals surface area (Å²) >= 11 is 0. The quantitative estimate of drug-likeness (QED) is 0.824. The van der Waals surface area contributed by atoms with E-state index in [4.69, 9.17) is 4.74 Å². The van der Waals surface area contributed by atoms with E-state index in [-0.39, 0.29) is 5.91 Å². The third kappa shape index (κ3) is 2.16. The minimum atomic E-state index is -0.543. The van der Waals surface area contributed by atoms with Crippen molar-refractivity contribution in [2.24, 2.45) is 7.05 Å². The molecule has 1 aromatic carbocycles. The molecular weight excluding hydrogens is 230 g/mol. The summed E-state index contributed by atoms with van der Waals surface area (Å²) in [5, 5.41) is 5.21. The fourth-order valence-corrected chi connectivity index (χ4v) is 1.85.